The number of halogens is 1. The van der Waals surface area contributed by atoms with Crippen molar-refractivity contribution >= 4 is 15.9 Å². The second-order valence-corrected chi connectivity index (χ2v) is 5.32. The first-order valence-corrected chi connectivity index (χ1v) is 6.94. The van der Waals surface area contributed by atoms with Crippen LogP contribution in [0.4, 0.5) is 0 Å². The largest absolute Gasteiger partial charge is 0.313 e. The molecule has 0 saturated heterocycles. The summed E-state index contributed by atoms with van der Waals surface area (Å²) in [6, 6.07) is 4.98. The van der Waals surface area contributed by atoms with Gasteiger partial charge in [-0.15, -0.1) is 6.58 Å². The van der Waals surface area contributed by atoms with Gasteiger partial charge < -0.3 is 5.32 Å². The minimum absolute atomic E-state index is 0.445. The van der Waals surface area contributed by atoms with Crippen molar-refractivity contribution in [2.45, 2.75) is 39.2 Å². The average Bonchev–Trinajstić information content (AvgIpc) is 2.31. The Morgan fingerprint density at radius 3 is 2.41 bits per heavy atom. The molecule has 94 valence electrons. The van der Waals surface area contributed by atoms with Crippen molar-refractivity contribution in [2.75, 3.05) is 7.05 Å². The van der Waals surface area contributed by atoms with Crippen LogP contribution in [0.15, 0.2) is 29.3 Å². The van der Waals surface area contributed by atoms with Crippen LogP contribution in [0.5, 0.6) is 0 Å². The molecule has 17 heavy (non-hydrogen) atoms. The molecular formula is C15H22BrN. The number of aryl methyl sites for hydroxylation is 2. The van der Waals surface area contributed by atoms with Crippen molar-refractivity contribution in [3.05, 3.63) is 46.0 Å². The molecule has 1 aromatic rings. The van der Waals surface area contributed by atoms with Crippen molar-refractivity contribution < 1.29 is 0 Å². The summed E-state index contributed by atoms with van der Waals surface area (Å²) in [5, 5.41) is 3.40. The van der Waals surface area contributed by atoms with E-state index in [9.17, 15) is 0 Å². The van der Waals surface area contributed by atoms with E-state index in [1.54, 1.807) is 0 Å². The third-order valence-electron chi connectivity index (χ3n) is 3.11. The van der Waals surface area contributed by atoms with Crippen LogP contribution in [0, 0.1) is 13.8 Å². The molecular weight excluding hydrogens is 274 g/mol. The molecule has 0 aliphatic heterocycles. The van der Waals surface area contributed by atoms with Crippen LogP contribution in [0.2, 0.25) is 0 Å². The maximum Gasteiger partial charge on any atom is 0.0317 e. The van der Waals surface area contributed by atoms with Crippen LogP contribution in [0.1, 0.15) is 42.0 Å². The Balaban J connectivity index is 2.84. The zero-order valence-corrected chi connectivity index (χ0v) is 12.6. The van der Waals surface area contributed by atoms with E-state index >= 15 is 0 Å². The molecule has 1 nitrogen and oxygen atoms in total. The first-order chi connectivity index (χ1) is 8.10. The van der Waals surface area contributed by atoms with E-state index < -0.39 is 0 Å². The molecule has 1 rings (SSSR count). The number of unbranched alkanes of at least 4 members (excludes halogenated alkanes) is 1. The molecule has 0 aliphatic rings. The lowest BCUT2D eigenvalue weighted by molar-refractivity contribution is 0.529. The van der Waals surface area contributed by atoms with E-state index in [-0.39, 0.29) is 0 Å². The molecule has 0 spiro atoms. The van der Waals surface area contributed by atoms with E-state index in [1.807, 2.05) is 13.1 Å². The van der Waals surface area contributed by atoms with Crippen molar-refractivity contribution in [1.29, 1.82) is 0 Å². The Labute approximate surface area is 113 Å². The van der Waals surface area contributed by atoms with Crippen LogP contribution in [0.25, 0.3) is 0 Å². The molecule has 0 saturated carbocycles. The lowest BCUT2D eigenvalue weighted by Crippen LogP contribution is -2.16. The fraction of sp³-hybridized carbons (Fsp3) is 0.467. The summed E-state index contributed by atoms with van der Waals surface area (Å²) in [4.78, 5) is 0. The van der Waals surface area contributed by atoms with Gasteiger partial charge in [-0.2, -0.15) is 0 Å². The second-order valence-electron chi connectivity index (χ2n) is 4.53. The fourth-order valence-electron chi connectivity index (χ4n) is 2.12. The summed E-state index contributed by atoms with van der Waals surface area (Å²) >= 11 is 3.61. The van der Waals surface area contributed by atoms with Crippen LogP contribution in [-0.2, 0) is 0 Å². The van der Waals surface area contributed by atoms with Crippen molar-refractivity contribution in [2.24, 2.45) is 0 Å². The molecule has 0 heterocycles. The number of allylic oxidation sites excluding steroid dienone is 1. The van der Waals surface area contributed by atoms with Crippen LogP contribution in [0.3, 0.4) is 0 Å². The summed E-state index contributed by atoms with van der Waals surface area (Å²) in [6.07, 6.45) is 5.42. The highest BCUT2D eigenvalue weighted by Crippen LogP contribution is 2.27. The topological polar surface area (TPSA) is 12.0 Å². The van der Waals surface area contributed by atoms with Gasteiger partial charge in [0.15, 0.2) is 0 Å². The summed E-state index contributed by atoms with van der Waals surface area (Å²) < 4.78 is 1.22. The van der Waals surface area contributed by atoms with Gasteiger partial charge in [0.2, 0.25) is 0 Å². The van der Waals surface area contributed by atoms with Gasteiger partial charge in [-0.25, -0.2) is 0 Å². The van der Waals surface area contributed by atoms with Gasteiger partial charge in [0.1, 0.15) is 0 Å². The molecule has 1 aromatic carbocycles. The average molecular weight is 296 g/mol. The number of benzene rings is 1. The van der Waals surface area contributed by atoms with E-state index in [2.05, 4.69) is 53.8 Å². The van der Waals surface area contributed by atoms with Gasteiger partial charge in [-0.05, 0) is 56.8 Å². The first kappa shape index (κ1) is 14.5. The molecule has 1 N–H and O–H groups in total. The molecule has 1 unspecified atom stereocenters. The number of rotatable bonds is 6. The molecule has 0 aliphatic carbocycles. The maximum absolute atomic E-state index is 3.77. The van der Waals surface area contributed by atoms with Crippen LogP contribution < -0.4 is 5.32 Å². The quantitative estimate of drug-likeness (QED) is 0.593. The van der Waals surface area contributed by atoms with E-state index in [0.29, 0.717) is 6.04 Å². The lowest BCUT2D eigenvalue weighted by atomic mass is 9.97. The van der Waals surface area contributed by atoms with Gasteiger partial charge in [0.05, 0.1) is 0 Å². The molecule has 0 amide bonds. The molecule has 2 heteroatoms. The van der Waals surface area contributed by atoms with Crippen molar-refractivity contribution in [1.82, 2.24) is 5.32 Å². The highest BCUT2D eigenvalue weighted by atomic mass is 79.9. The number of nitrogens with one attached hydrogen (secondary N) is 1. The van der Waals surface area contributed by atoms with Crippen LogP contribution in [-0.4, -0.2) is 7.05 Å². The minimum atomic E-state index is 0.445. The van der Waals surface area contributed by atoms with E-state index in [0.717, 1.165) is 12.8 Å². The zero-order valence-electron chi connectivity index (χ0n) is 11.0. The third kappa shape index (κ3) is 3.97. The predicted octanol–water partition coefficient (Wildman–Crippen LogP) is 4.68. The standard InChI is InChI=1S/C15H22BrN/c1-5-6-7-8-14(17-4)13-9-11(2)15(16)12(3)10-13/h5,9-10,14,17H,1,6-8H2,2-4H3. The summed E-state index contributed by atoms with van der Waals surface area (Å²) in [5.74, 6) is 0. The zero-order chi connectivity index (χ0) is 12.8. The molecule has 1 atom stereocenters. The normalized spacial score (nSPS) is 12.5. The monoisotopic (exact) mass is 295 g/mol. The molecule has 0 bridgehead atoms. The Morgan fingerprint density at radius 2 is 1.94 bits per heavy atom. The van der Waals surface area contributed by atoms with Gasteiger partial charge in [0.25, 0.3) is 0 Å². The first-order valence-electron chi connectivity index (χ1n) is 6.15. The van der Waals surface area contributed by atoms with Crippen LogP contribution >= 0.6 is 15.9 Å². The lowest BCUT2D eigenvalue weighted by Gasteiger charge is -2.18. The van der Waals surface area contributed by atoms with Crippen molar-refractivity contribution in [3.8, 4) is 0 Å². The Kier molecular flexibility index (Phi) is 5.93. The Bertz CT molecular complexity index is 362. The highest BCUT2D eigenvalue weighted by Gasteiger charge is 2.11. The minimum Gasteiger partial charge on any atom is -0.313 e. The number of hydrogen-bond acceptors (Lipinski definition) is 1. The smallest absolute Gasteiger partial charge is 0.0317 e. The fourth-order valence-corrected chi connectivity index (χ4v) is 2.35. The van der Waals surface area contributed by atoms with Gasteiger partial charge in [0, 0.05) is 10.5 Å². The predicted molar refractivity (Wildman–Crippen MR) is 79.5 cm³/mol. The Hall–Kier alpha value is -0.600. The van der Waals surface area contributed by atoms with E-state index in [1.165, 1.54) is 27.6 Å². The summed E-state index contributed by atoms with van der Waals surface area (Å²) in [7, 11) is 2.03. The number of hydrogen-bond donors (Lipinski definition) is 1. The van der Waals surface area contributed by atoms with Gasteiger partial charge >= 0.3 is 0 Å². The Morgan fingerprint density at radius 1 is 1.35 bits per heavy atom. The van der Waals surface area contributed by atoms with Crippen molar-refractivity contribution in [3.63, 3.8) is 0 Å². The summed E-state index contributed by atoms with van der Waals surface area (Å²) in [5.41, 5.74) is 4.00. The third-order valence-corrected chi connectivity index (χ3v) is 4.36. The summed E-state index contributed by atoms with van der Waals surface area (Å²) in [6.45, 7) is 8.07. The van der Waals surface area contributed by atoms with Gasteiger partial charge in [-0.1, -0.05) is 34.1 Å². The molecule has 0 aromatic heterocycles. The maximum atomic E-state index is 3.77. The highest BCUT2D eigenvalue weighted by molar-refractivity contribution is 9.10. The SMILES string of the molecule is C=CCCCC(NC)c1cc(C)c(Br)c(C)c1. The van der Waals surface area contributed by atoms with E-state index in [4.69, 9.17) is 0 Å². The van der Waals surface area contributed by atoms with Gasteiger partial charge in [-0.3, -0.25) is 0 Å². The molecule has 0 radical (unpaired) electrons. The second kappa shape index (κ2) is 6.97. The molecule has 0 fully saturated rings.